The van der Waals surface area contributed by atoms with Crippen molar-refractivity contribution in [2.24, 2.45) is 0 Å². The molecule has 3 heterocycles. The Morgan fingerprint density at radius 2 is 1.96 bits per heavy atom. The van der Waals surface area contributed by atoms with Crippen molar-refractivity contribution in [1.29, 1.82) is 0 Å². The zero-order valence-electron chi connectivity index (χ0n) is 15.8. The van der Waals surface area contributed by atoms with Crippen LogP contribution in [0.4, 0.5) is 5.82 Å². The van der Waals surface area contributed by atoms with Crippen LogP contribution in [0.3, 0.4) is 0 Å². The Morgan fingerprint density at radius 3 is 2.68 bits per heavy atom. The Morgan fingerprint density at radius 1 is 1.16 bits per heavy atom. The zero-order chi connectivity index (χ0) is 18.0. The van der Waals surface area contributed by atoms with Gasteiger partial charge in [0.15, 0.2) is 0 Å². The van der Waals surface area contributed by atoms with E-state index in [0.717, 1.165) is 43.0 Å². The molecule has 2 saturated heterocycles. The number of nitrogens with zero attached hydrogens (tertiary/aromatic N) is 5. The number of aryl methyl sites for hydroxylation is 1. The summed E-state index contributed by atoms with van der Waals surface area (Å²) in [5.41, 5.74) is 1.95. The molecule has 1 amide bonds. The van der Waals surface area contributed by atoms with Gasteiger partial charge in [0.1, 0.15) is 5.82 Å². The molecule has 2 fully saturated rings. The van der Waals surface area contributed by atoms with E-state index in [9.17, 15) is 4.79 Å². The Balaban J connectivity index is 1.84. The molecule has 1 aromatic rings. The fraction of sp³-hybridized carbons (Fsp3) is 0.722. The van der Waals surface area contributed by atoms with Crippen molar-refractivity contribution in [3.8, 4) is 0 Å². The van der Waals surface area contributed by atoms with E-state index < -0.39 is 0 Å². The Bertz CT molecular complexity index is 626. The maximum atomic E-state index is 12.9. The average molecular weight is 347 g/mol. The number of ether oxygens (including phenoxy) is 1. The topological polar surface area (TPSA) is 61.8 Å². The van der Waals surface area contributed by atoms with E-state index in [4.69, 9.17) is 4.74 Å². The van der Waals surface area contributed by atoms with E-state index in [-0.39, 0.29) is 5.91 Å². The molecule has 2 aliphatic rings. The van der Waals surface area contributed by atoms with Gasteiger partial charge < -0.3 is 19.4 Å². The van der Waals surface area contributed by atoms with Crippen LogP contribution >= 0.6 is 0 Å². The molecule has 0 unspecified atom stereocenters. The zero-order valence-corrected chi connectivity index (χ0v) is 15.8. The molecule has 0 N–H and O–H groups in total. The van der Waals surface area contributed by atoms with Crippen LogP contribution in [-0.2, 0) is 4.74 Å². The third kappa shape index (κ3) is 3.93. The number of aromatic nitrogens is 2. The smallest absolute Gasteiger partial charge is 0.291 e. The number of carbonyl (C=O) groups is 1. The van der Waals surface area contributed by atoms with E-state index in [1.165, 1.54) is 0 Å². The summed E-state index contributed by atoms with van der Waals surface area (Å²) in [5.74, 6) is 1.14. The maximum absolute atomic E-state index is 12.9. The van der Waals surface area contributed by atoms with Crippen molar-refractivity contribution in [2.75, 3.05) is 58.4 Å². The number of hydrogen-bond acceptors (Lipinski definition) is 6. The van der Waals surface area contributed by atoms with Gasteiger partial charge in [-0.3, -0.25) is 4.79 Å². The van der Waals surface area contributed by atoms with Gasteiger partial charge >= 0.3 is 0 Å². The number of amides is 1. The van der Waals surface area contributed by atoms with Crippen LogP contribution in [0.2, 0.25) is 0 Å². The highest BCUT2D eigenvalue weighted by Crippen LogP contribution is 2.25. The SMILES string of the molecule is Cc1nc(C(=O)N2CCCOCC2)nc(N2CC[C@@H](N(C)C)C2)c1C. The molecule has 7 nitrogen and oxygen atoms in total. The fourth-order valence-corrected chi connectivity index (χ4v) is 3.46. The Labute approximate surface area is 150 Å². The first-order valence-corrected chi connectivity index (χ1v) is 9.11. The second kappa shape index (κ2) is 7.66. The normalized spacial score (nSPS) is 21.7. The van der Waals surface area contributed by atoms with Gasteiger partial charge in [0, 0.05) is 50.1 Å². The van der Waals surface area contributed by atoms with E-state index in [0.29, 0.717) is 38.2 Å². The molecule has 0 aromatic carbocycles. The molecule has 25 heavy (non-hydrogen) atoms. The van der Waals surface area contributed by atoms with E-state index in [1.54, 1.807) is 0 Å². The first-order chi connectivity index (χ1) is 12.0. The third-order valence-corrected chi connectivity index (χ3v) is 5.26. The summed E-state index contributed by atoms with van der Waals surface area (Å²) in [4.78, 5) is 28.4. The molecule has 0 aliphatic carbocycles. The largest absolute Gasteiger partial charge is 0.380 e. The summed E-state index contributed by atoms with van der Waals surface area (Å²) in [6.07, 6.45) is 1.97. The van der Waals surface area contributed by atoms with E-state index in [2.05, 4.69) is 33.9 Å². The van der Waals surface area contributed by atoms with Crippen LogP contribution in [0.1, 0.15) is 34.7 Å². The predicted octanol–water partition coefficient (Wildman–Crippen LogP) is 1.10. The van der Waals surface area contributed by atoms with Gasteiger partial charge in [0.05, 0.1) is 6.61 Å². The standard InChI is InChI=1S/C18H29N5O2/c1-13-14(2)19-16(18(24)22-7-5-10-25-11-9-22)20-17(13)23-8-6-15(12-23)21(3)4/h15H,5-12H2,1-4H3/t15-/m1/s1. The van der Waals surface area contributed by atoms with Crippen molar-refractivity contribution in [2.45, 2.75) is 32.7 Å². The lowest BCUT2D eigenvalue weighted by molar-refractivity contribution is 0.0729. The second-order valence-corrected chi connectivity index (χ2v) is 7.19. The van der Waals surface area contributed by atoms with Gasteiger partial charge in [0.25, 0.3) is 5.91 Å². The summed E-state index contributed by atoms with van der Waals surface area (Å²) < 4.78 is 5.45. The van der Waals surface area contributed by atoms with Gasteiger partial charge in [-0.05, 0) is 40.8 Å². The number of hydrogen-bond donors (Lipinski definition) is 0. The summed E-state index contributed by atoms with van der Waals surface area (Å²) in [7, 11) is 4.23. The minimum absolute atomic E-state index is 0.0850. The van der Waals surface area contributed by atoms with Gasteiger partial charge in [-0.1, -0.05) is 0 Å². The third-order valence-electron chi connectivity index (χ3n) is 5.26. The van der Waals surface area contributed by atoms with Crippen LogP contribution in [0, 0.1) is 13.8 Å². The highest BCUT2D eigenvalue weighted by atomic mass is 16.5. The average Bonchev–Trinajstić information content (AvgIpc) is 2.92. The number of rotatable bonds is 3. The van der Waals surface area contributed by atoms with Gasteiger partial charge in [-0.15, -0.1) is 0 Å². The summed E-state index contributed by atoms with van der Waals surface area (Å²) in [6.45, 7) is 8.52. The van der Waals surface area contributed by atoms with Crippen molar-refractivity contribution >= 4 is 11.7 Å². The molecule has 1 atom stereocenters. The molecule has 0 radical (unpaired) electrons. The highest BCUT2D eigenvalue weighted by Gasteiger charge is 2.28. The summed E-state index contributed by atoms with van der Waals surface area (Å²) in [6, 6.07) is 0.525. The molecule has 3 rings (SSSR count). The van der Waals surface area contributed by atoms with Crippen molar-refractivity contribution in [3.05, 3.63) is 17.1 Å². The maximum Gasteiger partial charge on any atom is 0.291 e. The van der Waals surface area contributed by atoms with E-state index in [1.807, 2.05) is 18.7 Å². The quantitative estimate of drug-likeness (QED) is 0.816. The highest BCUT2D eigenvalue weighted by molar-refractivity contribution is 5.91. The summed E-state index contributed by atoms with van der Waals surface area (Å²) in [5, 5.41) is 0. The van der Waals surface area contributed by atoms with Crippen molar-refractivity contribution in [3.63, 3.8) is 0 Å². The summed E-state index contributed by atoms with van der Waals surface area (Å²) >= 11 is 0. The molecule has 0 spiro atoms. The van der Waals surface area contributed by atoms with E-state index >= 15 is 0 Å². The van der Waals surface area contributed by atoms with Crippen LogP contribution in [0.25, 0.3) is 0 Å². The molecule has 0 bridgehead atoms. The number of likely N-dealkylation sites (N-methyl/N-ethyl adjacent to an activating group) is 1. The Kier molecular flexibility index (Phi) is 5.54. The monoisotopic (exact) mass is 347 g/mol. The first-order valence-electron chi connectivity index (χ1n) is 9.11. The van der Waals surface area contributed by atoms with Gasteiger partial charge in [0.2, 0.25) is 5.82 Å². The molecular weight excluding hydrogens is 318 g/mol. The number of anilines is 1. The lowest BCUT2D eigenvalue weighted by atomic mass is 10.2. The lowest BCUT2D eigenvalue weighted by Gasteiger charge is -2.24. The molecule has 2 aliphatic heterocycles. The first kappa shape index (κ1) is 18.1. The van der Waals surface area contributed by atoms with Crippen LogP contribution in [0.15, 0.2) is 0 Å². The fourth-order valence-electron chi connectivity index (χ4n) is 3.46. The molecular formula is C18H29N5O2. The van der Waals surface area contributed by atoms with Crippen LogP contribution in [-0.4, -0.2) is 85.2 Å². The lowest BCUT2D eigenvalue weighted by Crippen LogP contribution is -2.35. The second-order valence-electron chi connectivity index (χ2n) is 7.19. The Hall–Kier alpha value is -1.73. The van der Waals surface area contributed by atoms with Gasteiger partial charge in [-0.25, -0.2) is 9.97 Å². The minimum atomic E-state index is -0.0850. The molecule has 0 saturated carbocycles. The van der Waals surface area contributed by atoms with Crippen molar-refractivity contribution in [1.82, 2.24) is 19.8 Å². The number of carbonyl (C=O) groups excluding carboxylic acids is 1. The van der Waals surface area contributed by atoms with Gasteiger partial charge in [-0.2, -0.15) is 0 Å². The van der Waals surface area contributed by atoms with Crippen molar-refractivity contribution < 1.29 is 9.53 Å². The van der Waals surface area contributed by atoms with Crippen LogP contribution in [0.5, 0.6) is 0 Å². The molecule has 7 heteroatoms. The molecule has 138 valence electrons. The van der Waals surface area contributed by atoms with Crippen LogP contribution < -0.4 is 4.90 Å². The predicted molar refractivity (Wildman–Crippen MR) is 97.2 cm³/mol. The molecule has 1 aromatic heterocycles. The minimum Gasteiger partial charge on any atom is -0.380 e.